The minimum Gasteiger partial charge on any atom is -0.499 e. The third-order valence-corrected chi connectivity index (χ3v) is 16.3. The zero-order chi connectivity index (χ0) is 42.3. The van der Waals surface area contributed by atoms with Crippen LogP contribution in [0.1, 0.15) is 43.0 Å². The molecule has 7 rings (SSSR count). The Kier molecular flexibility index (Phi) is 15.5. The highest BCUT2D eigenvalue weighted by Gasteiger charge is 2.52. The Balaban J connectivity index is 1.37. The first-order valence-electron chi connectivity index (χ1n) is 21.2. The van der Waals surface area contributed by atoms with E-state index in [1.807, 2.05) is 83.9 Å². The van der Waals surface area contributed by atoms with E-state index in [4.69, 9.17) is 28.2 Å². The fraction of sp³-hybridized carbons (Fsp3) is 0.283. The lowest BCUT2D eigenvalue weighted by Gasteiger charge is -2.46. The summed E-state index contributed by atoms with van der Waals surface area (Å²) in [6, 6.07) is 62.1. The van der Waals surface area contributed by atoms with E-state index in [0.29, 0.717) is 33.0 Å². The zero-order valence-corrected chi connectivity index (χ0v) is 36.8. The van der Waals surface area contributed by atoms with Crippen LogP contribution in [0.4, 0.5) is 0 Å². The number of benzene rings is 6. The summed E-state index contributed by atoms with van der Waals surface area (Å²) in [6.45, 7) is 8.95. The summed E-state index contributed by atoms with van der Waals surface area (Å²) in [5, 5.41) is 4.10. The van der Waals surface area contributed by atoms with Gasteiger partial charge in [-0.3, -0.25) is 4.84 Å². The van der Waals surface area contributed by atoms with E-state index >= 15 is 0 Å². The van der Waals surface area contributed by atoms with Crippen LogP contribution in [-0.2, 0) is 54.6 Å². The lowest BCUT2D eigenvalue weighted by atomic mass is 9.96. The van der Waals surface area contributed by atoms with Gasteiger partial charge in [0.15, 0.2) is 0 Å². The van der Waals surface area contributed by atoms with Gasteiger partial charge in [0.25, 0.3) is 8.32 Å². The standard InChI is InChI=1S/C53H59NO6Si/c1-53(2,3)61(46-31-19-9-20-32-46,47-33-21-10-22-34-47)60-41-49(56-38-43-25-13-6-14-26-43)51(57-39-44-27-15-7-16-28-44)52(58-40-45-29-17-8-18-30-45)50-48(55-4)35-36-59-54(50)37-42-23-11-5-12-24-42/h5-35,49-52H,36-41H2,1-4H3/t49-,50+,51+,52+/m1/s1. The molecule has 4 atom stereocenters. The van der Waals surface area contributed by atoms with Crippen molar-refractivity contribution in [3.05, 3.63) is 216 Å². The minimum absolute atomic E-state index is 0.225. The lowest BCUT2D eigenvalue weighted by molar-refractivity contribution is -0.246. The fourth-order valence-electron chi connectivity index (χ4n) is 8.29. The molecule has 1 heterocycles. The molecule has 0 N–H and O–H groups in total. The van der Waals surface area contributed by atoms with Crippen LogP contribution in [0.25, 0.3) is 0 Å². The number of hydroxylamine groups is 2. The van der Waals surface area contributed by atoms with Crippen LogP contribution in [0.5, 0.6) is 0 Å². The average Bonchev–Trinajstić information content (AvgIpc) is 3.30. The summed E-state index contributed by atoms with van der Waals surface area (Å²) in [5.41, 5.74) is 4.22. The molecule has 6 aromatic rings. The van der Waals surface area contributed by atoms with Gasteiger partial charge in [-0.15, -0.1) is 0 Å². The monoisotopic (exact) mass is 833 g/mol. The third-order valence-electron chi connectivity index (χ3n) is 11.3. The van der Waals surface area contributed by atoms with Crippen LogP contribution in [0.15, 0.2) is 194 Å². The molecule has 0 fully saturated rings. The normalized spacial score (nSPS) is 16.3. The first-order valence-corrected chi connectivity index (χ1v) is 23.2. The fourth-order valence-corrected chi connectivity index (χ4v) is 12.9. The molecule has 0 spiro atoms. The molecular formula is C53H59NO6Si. The van der Waals surface area contributed by atoms with E-state index in [0.717, 1.165) is 28.0 Å². The van der Waals surface area contributed by atoms with Gasteiger partial charge in [-0.25, -0.2) is 0 Å². The Morgan fingerprint density at radius 3 is 1.46 bits per heavy atom. The van der Waals surface area contributed by atoms with Gasteiger partial charge in [0, 0.05) is 0 Å². The predicted molar refractivity (Wildman–Crippen MR) is 245 cm³/mol. The Labute approximate surface area is 363 Å². The van der Waals surface area contributed by atoms with Gasteiger partial charge in [-0.05, 0) is 43.7 Å². The zero-order valence-electron chi connectivity index (χ0n) is 35.8. The Bertz CT molecular complexity index is 2150. The molecular weight excluding hydrogens is 775 g/mol. The van der Waals surface area contributed by atoms with Crippen molar-refractivity contribution in [3.8, 4) is 0 Å². The van der Waals surface area contributed by atoms with Gasteiger partial charge in [0.05, 0.1) is 46.7 Å². The highest BCUT2D eigenvalue weighted by molar-refractivity contribution is 6.99. The SMILES string of the molecule is COC1=CCON(Cc2ccccc2)[C@@H]1[C@H](OCc1ccccc1)[C@@H](OCc1ccccc1)[C@@H](CO[Si](c1ccccc1)(c1ccccc1)C(C)(C)C)OCc1ccccc1. The van der Waals surface area contributed by atoms with E-state index in [1.54, 1.807) is 7.11 Å². The number of rotatable bonds is 20. The summed E-state index contributed by atoms with van der Waals surface area (Å²) in [5.74, 6) is 0.739. The van der Waals surface area contributed by atoms with Crippen LogP contribution >= 0.6 is 0 Å². The maximum absolute atomic E-state index is 7.71. The van der Waals surface area contributed by atoms with Crippen LogP contribution in [-0.4, -0.2) is 58.1 Å². The van der Waals surface area contributed by atoms with Crippen molar-refractivity contribution in [1.82, 2.24) is 5.06 Å². The van der Waals surface area contributed by atoms with Gasteiger partial charge in [0.1, 0.15) is 30.1 Å². The number of methoxy groups -OCH3 is 1. The van der Waals surface area contributed by atoms with Crippen molar-refractivity contribution < 1.29 is 28.2 Å². The van der Waals surface area contributed by atoms with Crippen molar-refractivity contribution in [2.45, 2.75) is 76.5 Å². The molecule has 0 aliphatic carbocycles. The first kappa shape index (κ1) is 43.9. The number of nitrogens with zero attached hydrogens (tertiary/aromatic N) is 1. The molecule has 6 aromatic carbocycles. The molecule has 316 valence electrons. The van der Waals surface area contributed by atoms with Gasteiger partial charge in [-0.2, -0.15) is 5.06 Å². The Morgan fingerprint density at radius 1 is 0.574 bits per heavy atom. The Hall–Kier alpha value is -5.16. The van der Waals surface area contributed by atoms with Gasteiger partial charge in [0.2, 0.25) is 0 Å². The number of hydrogen-bond acceptors (Lipinski definition) is 7. The van der Waals surface area contributed by atoms with Crippen molar-refractivity contribution in [2.75, 3.05) is 20.3 Å². The molecule has 0 amide bonds. The molecule has 0 saturated heterocycles. The van der Waals surface area contributed by atoms with Crippen LogP contribution in [0.2, 0.25) is 5.04 Å². The number of ether oxygens (including phenoxy) is 4. The van der Waals surface area contributed by atoms with E-state index in [-0.39, 0.29) is 11.6 Å². The molecule has 0 unspecified atom stereocenters. The molecule has 61 heavy (non-hydrogen) atoms. The molecule has 8 heteroatoms. The maximum atomic E-state index is 7.71. The minimum atomic E-state index is -3.03. The van der Waals surface area contributed by atoms with Gasteiger partial charge >= 0.3 is 0 Å². The van der Waals surface area contributed by atoms with Crippen molar-refractivity contribution >= 4 is 18.7 Å². The second-order valence-corrected chi connectivity index (χ2v) is 20.7. The lowest BCUT2D eigenvalue weighted by Crippen LogP contribution is -2.67. The summed E-state index contributed by atoms with van der Waals surface area (Å²) < 4.78 is 35.6. The molecule has 0 saturated carbocycles. The summed E-state index contributed by atoms with van der Waals surface area (Å²) in [7, 11) is -1.31. The molecule has 0 radical (unpaired) electrons. The largest absolute Gasteiger partial charge is 0.499 e. The highest BCUT2D eigenvalue weighted by atomic mass is 28.4. The molecule has 0 bridgehead atoms. The van der Waals surface area contributed by atoms with Crippen LogP contribution < -0.4 is 10.4 Å². The van der Waals surface area contributed by atoms with Gasteiger partial charge in [-0.1, -0.05) is 203 Å². The predicted octanol–water partition coefficient (Wildman–Crippen LogP) is 9.67. The van der Waals surface area contributed by atoms with E-state index < -0.39 is 32.7 Å². The maximum Gasteiger partial charge on any atom is 0.261 e. The van der Waals surface area contributed by atoms with Crippen LogP contribution in [0, 0.1) is 0 Å². The topological polar surface area (TPSA) is 58.6 Å². The quantitative estimate of drug-likeness (QED) is 0.0711. The summed E-state index contributed by atoms with van der Waals surface area (Å²) in [6.07, 6.45) is 0.0276. The second-order valence-electron chi connectivity index (χ2n) is 16.4. The third kappa shape index (κ3) is 11.2. The molecule has 7 nitrogen and oxygen atoms in total. The highest BCUT2D eigenvalue weighted by Crippen LogP contribution is 2.38. The summed E-state index contributed by atoms with van der Waals surface area (Å²) in [4.78, 5) is 6.53. The van der Waals surface area contributed by atoms with E-state index in [9.17, 15) is 0 Å². The van der Waals surface area contributed by atoms with Crippen molar-refractivity contribution in [3.63, 3.8) is 0 Å². The first-order chi connectivity index (χ1) is 29.9. The molecule has 1 aliphatic rings. The van der Waals surface area contributed by atoms with Crippen molar-refractivity contribution in [1.29, 1.82) is 0 Å². The molecule has 0 aromatic heterocycles. The smallest absolute Gasteiger partial charge is 0.261 e. The van der Waals surface area contributed by atoms with Crippen LogP contribution in [0.3, 0.4) is 0 Å². The average molecular weight is 834 g/mol. The number of hydrogen-bond donors (Lipinski definition) is 0. The molecule has 1 aliphatic heterocycles. The van der Waals surface area contributed by atoms with E-state index in [2.05, 4.69) is 130 Å². The van der Waals surface area contributed by atoms with E-state index in [1.165, 1.54) is 10.4 Å². The van der Waals surface area contributed by atoms with Crippen molar-refractivity contribution in [2.24, 2.45) is 0 Å². The van der Waals surface area contributed by atoms with Gasteiger partial charge < -0.3 is 23.4 Å². The summed E-state index contributed by atoms with van der Waals surface area (Å²) >= 11 is 0. The Morgan fingerprint density at radius 2 is 1.00 bits per heavy atom. The second kappa shape index (κ2) is 21.6.